The molecule has 2 rings (SSSR count). The largest absolute Gasteiger partial charge is 0.491 e. The lowest BCUT2D eigenvalue weighted by atomic mass is 10.2. The summed E-state index contributed by atoms with van der Waals surface area (Å²) in [4.78, 5) is 4.52. The van der Waals surface area contributed by atoms with Crippen molar-refractivity contribution in [2.45, 2.75) is 32.7 Å². The van der Waals surface area contributed by atoms with Gasteiger partial charge in [0.2, 0.25) is 5.95 Å². The van der Waals surface area contributed by atoms with E-state index in [-0.39, 0.29) is 0 Å². The standard InChI is InChI=1S/C15H23N3OS/c1-4-9-19-13-8-6-7-12-14(13)17-15(16)18(12)11(5-2)10-20-3/h6-8,11H,4-5,9-10H2,1-3H3,(H2,16,17). The summed E-state index contributed by atoms with van der Waals surface area (Å²) in [6, 6.07) is 6.41. The van der Waals surface area contributed by atoms with Crippen LogP contribution in [-0.2, 0) is 0 Å². The Morgan fingerprint density at radius 1 is 1.40 bits per heavy atom. The number of nitrogens with two attached hydrogens (primary N) is 1. The predicted octanol–water partition coefficient (Wildman–Crippen LogP) is 3.72. The second kappa shape index (κ2) is 6.88. The Morgan fingerprint density at radius 2 is 2.20 bits per heavy atom. The summed E-state index contributed by atoms with van der Waals surface area (Å²) < 4.78 is 7.92. The molecule has 1 aromatic carbocycles. The molecule has 4 nitrogen and oxygen atoms in total. The van der Waals surface area contributed by atoms with Crippen LogP contribution in [0.5, 0.6) is 5.75 Å². The minimum absolute atomic E-state index is 0.372. The minimum Gasteiger partial charge on any atom is -0.491 e. The number of fused-ring (bicyclic) bond motifs is 1. The lowest BCUT2D eigenvalue weighted by molar-refractivity contribution is 0.320. The summed E-state index contributed by atoms with van der Waals surface area (Å²) >= 11 is 1.83. The highest BCUT2D eigenvalue weighted by molar-refractivity contribution is 7.98. The molecule has 0 saturated carbocycles. The quantitative estimate of drug-likeness (QED) is 0.845. The highest BCUT2D eigenvalue weighted by Crippen LogP contribution is 2.31. The Bertz CT molecular complexity index is 567. The van der Waals surface area contributed by atoms with Gasteiger partial charge < -0.3 is 15.0 Å². The maximum atomic E-state index is 6.14. The van der Waals surface area contributed by atoms with E-state index in [2.05, 4.69) is 35.7 Å². The van der Waals surface area contributed by atoms with Crippen LogP contribution in [0, 0.1) is 0 Å². The Kier molecular flexibility index (Phi) is 5.17. The third kappa shape index (κ3) is 2.87. The van der Waals surface area contributed by atoms with E-state index < -0.39 is 0 Å². The maximum Gasteiger partial charge on any atom is 0.201 e. The van der Waals surface area contributed by atoms with Crippen molar-refractivity contribution in [3.05, 3.63) is 18.2 Å². The number of para-hydroxylation sites is 1. The zero-order valence-electron chi connectivity index (χ0n) is 12.4. The summed E-state index contributed by atoms with van der Waals surface area (Å²) in [6.45, 7) is 4.98. The normalized spacial score (nSPS) is 12.8. The number of thioether (sulfide) groups is 1. The van der Waals surface area contributed by atoms with Crippen LogP contribution in [0.4, 0.5) is 5.95 Å². The first-order valence-corrected chi connectivity index (χ1v) is 8.50. The van der Waals surface area contributed by atoms with Gasteiger partial charge in [0.1, 0.15) is 11.3 Å². The SMILES string of the molecule is CCCOc1cccc2c1nc(N)n2C(CC)CSC. The van der Waals surface area contributed by atoms with Crippen LogP contribution in [0.2, 0.25) is 0 Å². The molecular weight excluding hydrogens is 270 g/mol. The molecule has 0 aliphatic heterocycles. The van der Waals surface area contributed by atoms with E-state index in [1.165, 1.54) is 0 Å². The Morgan fingerprint density at radius 3 is 2.85 bits per heavy atom. The number of ether oxygens (including phenoxy) is 1. The van der Waals surface area contributed by atoms with Gasteiger partial charge in [0.15, 0.2) is 0 Å². The van der Waals surface area contributed by atoms with E-state index >= 15 is 0 Å². The third-order valence-corrected chi connectivity index (χ3v) is 4.09. The average Bonchev–Trinajstić information content (AvgIpc) is 2.79. The van der Waals surface area contributed by atoms with E-state index in [1.54, 1.807) is 0 Å². The molecule has 0 aliphatic carbocycles. The van der Waals surface area contributed by atoms with Crippen molar-refractivity contribution < 1.29 is 4.74 Å². The molecule has 1 unspecified atom stereocenters. The second-order valence-electron chi connectivity index (χ2n) is 4.83. The van der Waals surface area contributed by atoms with Gasteiger partial charge in [0.25, 0.3) is 0 Å². The molecule has 0 amide bonds. The molecule has 0 radical (unpaired) electrons. The number of hydrogen-bond acceptors (Lipinski definition) is 4. The first-order valence-electron chi connectivity index (χ1n) is 7.11. The van der Waals surface area contributed by atoms with Crippen LogP contribution in [0.3, 0.4) is 0 Å². The van der Waals surface area contributed by atoms with E-state index in [4.69, 9.17) is 10.5 Å². The molecule has 0 spiro atoms. The van der Waals surface area contributed by atoms with E-state index in [9.17, 15) is 0 Å². The third-order valence-electron chi connectivity index (χ3n) is 3.37. The zero-order chi connectivity index (χ0) is 14.5. The molecule has 5 heteroatoms. The Labute approximate surface area is 124 Å². The number of imidazole rings is 1. The monoisotopic (exact) mass is 293 g/mol. The van der Waals surface area contributed by atoms with Gasteiger partial charge in [-0.15, -0.1) is 0 Å². The summed E-state index contributed by atoms with van der Waals surface area (Å²) in [5, 5.41) is 0. The first kappa shape index (κ1) is 15.0. The van der Waals surface area contributed by atoms with Crippen LogP contribution in [-0.4, -0.2) is 28.2 Å². The number of benzene rings is 1. The topological polar surface area (TPSA) is 53.1 Å². The number of nitrogens with zero attached hydrogens (tertiary/aromatic N) is 2. The number of anilines is 1. The van der Waals surface area contributed by atoms with E-state index in [0.29, 0.717) is 18.6 Å². The molecule has 2 aromatic rings. The van der Waals surface area contributed by atoms with Gasteiger partial charge in [0.05, 0.1) is 12.1 Å². The highest BCUT2D eigenvalue weighted by atomic mass is 32.2. The number of aromatic nitrogens is 2. The van der Waals surface area contributed by atoms with Crippen molar-refractivity contribution in [2.24, 2.45) is 0 Å². The fourth-order valence-electron chi connectivity index (χ4n) is 2.39. The second-order valence-corrected chi connectivity index (χ2v) is 5.74. The van der Waals surface area contributed by atoms with Crippen molar-refractivity contribution in [3.8, 4) is 5.75 Å². The van der Waals surface area contributed by atoms with E-state index in [0.717, 1.165) is 35.4 Å². The van der Waals surface area contributed by atoms with Gasteiger partial charge in [-0.05, 0) is 31.2 Å². The summed E-state index contributed by atoms with van der Waals surface area (Å²) in [7, 11) is 0. The molecule has 20 heavy (non-hydrogen) atoms. The molecule has 1 heterocycles. The smallest absolute Gasteiger partial charge is 0.201 e. The van der Waals surface area contributed by atoms with Gasteiger partial charge >= 0.3 is 0 Å². The summed E-state index contributed by atoms with van der Waals surface area (Å²) in [5.41, 5.74) is 8.08. The maximum absolute atomic E-state index is 6.14. The predicted molar refractivity (Wildman–Crippen MR) is 87.6 cm³/mol. The number of hydrogen-bond donors (Lipinski definition) is 1. The minimum atomic E-state index is 0.372. The Balaban J connectivity index is 2.48. The van der Waals surface area contributed by atoms with Gasteiger partial charge in [-0.3, -0.25) is 0 Å². The Hall–Kier alpha value is -1.36. The fourth-order valence-corrected chi connectivity index (χ4v) is 3.16. The first-order chi connectivity index (χ1) is 9.72. The highest BCUT2D eigenvalue weighted by Gasteiger charge is 2.18. The fraction of sp³-hybridized carbons (Fsp3) is 0.533. The van der Waals surface area contributed by atoms with Crippen molar-refractivity contribution in [1.29, 1.82) is 0 Å². The molecule has 0 saturated heterocycles. The van der Waals surface area contributed by atoms with Crippen molar-refractivity contribution in [2.75, 3.05) is 24.3 Å². The number of nitrogen functional groups attached to an aromatic ring is 1. The molecule has 0 fully saturated rings. The van der Waals surface area contributed by atoms with Crippen LogP contribution in [0.15, 0.2) is 18.2 Å². The van der Waals surface area contributed by atoms with Gasteiger partial charge in [-0.1, -0.05) is 19.9 Å². The molecule has 0 bridgehead atoms. The van der Waals surface area contributed by atoms with Crippen LogP contribution < -0.4 is 10.5 Å². The van der Waals surface area contributed by atoms with Crippen LogP contribution in [0.1, 0.15) is 32.7 Å². The lowest BCUT2D eigenvalue weighted by Crippen LogP contribution is -2.13. The van der Waals surface area contributed by atoms with Crippen molar-refractivity contribution in [1.82, 2.24) is 9.55 Å². The number of rotatable bonds is 7. The summed E-state index contributed by atoms with van der Waals surface area (Å²) in [6.07, 6.45) is 4.14. The summed E-state index contributed by atoms with van der Waals surface area (Å²) in [5.74, 6) is 2.44. The lowest BCUT2D eigenvalue weighted by Gasteiger charge is -2.18. The van der Waals surface area contributed by atoms with Gasteiger partial charge in [-0.2, -0.15) is 11.8 Å². The van der Waals surface area contributed by atoms with Crippen LogP contribution in [0.25, 0.3) is 11.0 Å². The average molecular weight is 293 g/mol. The van der Waals surface area contributed by atoms with E-state index in [1.807, 2.05) is 23.9 Å². The van der Waals surface area contributed by atoms with Crippen LogP contribution >= 0.6 is 11.8 Å². The molecule has 1 aromatic heterocycles. The molecule has 2 N–H and O–H groups in total. The van der Waals surface area contributed by atoms with Gasteiger partial charge in [0, 0.05) is 11.8 Å². The van der Waals surface area contributed by atoms with Crippen molar-refractivity contribution in [3.63, 3.8) is 0 Å². The molecular formula is C15H23N3OS. The molecule has 110 valence electrons. The molecule has 0 aliphatic rings. The van der Waals surface area contributed by atoms with Gasteiger partial charge in [-0.25, -0.2) is 4.98 Å². The molecule has 1 atom stereocenters. The zero-order valence-corrected chi connectivity index (χ0v) is 13.2. The van der Waals surface area contributed by atoms with Crippen molar-refractivity contribution >= 4 is 28.7 Å².